The van der Waals surface area contributed by atoms with Gasteiger partial charge in [-0.25, -0.2) is 0 Å². The quantitative estimate of drug-likeness (QED) is 0.428. The van der Waals surface area contributed by atoms with Crippen LogP contribution in [0, 0.1) is 49.4 Å². The maximum absolute atomic E-state index is 5.29. The van der Waals surface area contributed by atoms with Crippen molar-refractivity contribution in [2.75, 3.05) is 39.3 Å². The molecule has 0 aromatic rings. The monoisotopic (exact) mass is 254 g/mol. The first-order chi connectivity index (χ1) is 9.28. The Balaban J connectivity index is 3.73. The van der Waals surface area contributed by atoms with Crippen LogP contribution >= 0.6 is 0 Å². The summed E-state index contributed by atoms with van der Waals surface area (Å²) in [5, 5.41) is 0. The Bertz CT molecular complexity index is 313. The molecule has 2 nitrogen and oxygen atoms in total. The van der Waals surface area contributed by atoms with Gasteiger partial charge >= 0.3 is 0 Å². The van der Waals surface area contributed by atoms with Gasteiger partial charge in [0.25, 0.3) is 0 Å². The van der Waals surface area contributed by atoms with Crippen LogP contribution in [0.3, 0.4) is 0 Å². The van der Waals surface area contributed by atoms with Crippen LogP contribution in [0.2, 0.25) is 0 Å². The fraction of sp³-hybridized carbons (Fsp3) is 0.529. The first kappa shape index (κ1) is 17.2. The molecule has 0 heterocycles. The van der Waals surface area contributed by atoms with Gasteiger partial charge in [-0.3, -0.25) is 9.80 Å². The van der Waals surface area contributed by atoms with Gasteiger partial charge in [0, 0.05) is 13.1 Å². The van der Waals surface area contributed by atoms with Crippen molar-refractivity contribution in [1.82, 2.24) is 9.80 Å². The highest BCUT2D eigenvalue weighted by molar-refractivity contribution is 4.95. The van der Waals surface area contributed by atoms with E-state index in [1.807, 2.05) is 0 Å². The fourth-order valence-electron chi connectivity index (χ4n) is 1.79. The molecule has 0 bridgehead atoms. The number of hydrogen-bond donors (Lipinski definition) is 0. The number of rotatable bonds is 10. The summed E-state index contributed by atoms with van der Waals surface area (Å²) >= 11 is 0. The topological polar surface area (TPSA) is 6.48 Å². The maximum atomic E-state index is 5.29. The van der Waals surface area contributed by atoms with Crippen LogP contribution in [0.1, 0.15) is 19.3 Å². The second-order valence-electron chi connectivity index (χ2n) is 4.30. The molecule has 0 aliphatic heterocycles. The second-order valence-corrected chi connectivity index (χ2v) is 4.30. The summed E-state index contributed by atoms with van der Waals surface area (Å²) in [6, 6.07) is 0. The van der Waals surface area contributed by atoms with Crippen LogP contribution in [0.25, 0.3) is 0 Å². The Morgan fingerprint density at radius 3 is 1.11 bits per heavy atom. The zero-order valence-corrected chi connectivity index (χ0v) is 11.6. The molecule has 0 atom stereocenters. The molecule has 0 aromatic heterocycles. The molecule has 0 aromatic carbocycles. The summed E-state index contributed by atoms with van der Waals surface area (Å²) in [6.45, 7) is 4.35. The number of nitrogens with zero attached hydrogens (tertiary/aromatic N) is 2. The largest absolute Gasteiger partial charge is 0.281 e. The van der Waals surface area contributed by atoms with Crippen molar-refractivity contribution in [2.24, 2.45) is 0 Å². The standard InChI is InChI=1S/C17H22N2/c1-5-12-18(13-6-2)16-10-9-11-17-19(14-7-3)15-8-4/h1-4H,9-17H2. The Kier molecular flexibility index (Phi) is 11.4. The lowest BCUT2D eigenvalue weighted by Crippen LogP contribution is -2.27. The van der Waals surface area contributed by atoms with E-state index in [0.29, 0.717) is 26.2 Å². The Labute approximate surface area is 118 Å². The first-order valence-electron chi connectivity index (χ1n) is 6.47. The van der Waals surface area contributed by atoms with Crippen molar-refractivity contribution >= 4 is 0 Å². The minimum atomic E-state index is 0.616. The van der Waals surface area contributed by atoms with Gasteiger partial charge in [0.1, 0.15) is 0 Å². The third kappa shape index (κ3) is 9.83. The molecule has 0 saturated heterocycles. The zero-order valence-electron chi connectivity index (χ0n) is 11.6. The van der Waals surface area contributed by atoms with Crippen molar-refractivity contribution < 1.29 is 0 Å². The van der Waals surface area contributed by atoms with Crippen LogP contribution in [0.15, 0.2) is 0 Å². The molecule has 0 spiro atoms. The molecule has 0 N–H and O–H groups in total. The van der Waals surface area contributed by atoms with E-state index in [2.05, 4.69) is 33.5 Å². The summed E-state index contributed by atoms with van der Waals surface area (Å²) in [6.07, 6.45) is 24.5. The Morgan fingerprint density at radius 1 is 0.526 bits per heavy atom. The van der Waals surface area contributed by atoms with Crippen molar-refractivity contribution in [2.45, 2.75) is 19.3 Å². The average molecular weight is 254 g/mol. The first-order valence-corrected chi connectivity index (χ1v) is 6.47. The Morgan fingerprint density at radius 2 is 0.842 bits per heavy atom. The van der Waals surface area contributed by atoms with E-state index in [0.717, 1.165) is 32.4 Å². The van der Waals surface area contributed by atoms with Crippen molar-refractivity contribution in [1.29, 1.82) is 0 Å². The molecule has 0 saturated carbocycles. The number of unbranched alkanes of at least 4 members (excludes halogenated alkanes) is 2. The van der Waals surface area contributed by atoms with Crippen LogP contribution in [0.4, 0.5) is 0 Å². The summed E-state index contributed by atoms with van der Waals surface area (Å²) in [5.41, 5.74) is 0. The van der Waals surface area contributed by atoms with Gasteiger partial charge in [0.15, 0.2) is 0 Å². The Hall–Kier alpha value is -1.84. The molecule has 0 rings (SSSR count). The highest BCUT2D eigenvalue weighted by atomic mass is 15.1. The van der Waals surface area contributed by atoms with E-state index >= 15 is 0 Å². The van der Waals surface area contributed by atoms with E-state index in [9.17, 15) is 0 Å². The molecule has 0 aliphatic rings. The lowest BCUT2D eigenvalue weighted by molar-refractivity contribution is 0.311. The predicted molar refractivity (Wildman–Crippen MR) is 82.1 cm³/mol. The lowest BCUT2D eigenvalue weighted by atomic mass is 10.2. The van der Waals surface area contributed by atoms with Gasteiger partial charge in [-0.2, -0.15) is 0 Å². The van der Waals surface area contributed by atoms with E-state index in [4.69, 9.17) is 25.7 Å². The molecule has 0 radical (unpaired) electrons. The fourth-order valence-corrected chi connectivity index (χ4v) is 1.79. The maximum Gasteiger partial charge on any atom is 0.0607 e. The smallest absolute Gasteiger partial charge is 0.0607 e. The van der Waals surface area contributed by atoms with Gasteiger partial charge in [-0.05, 0) is 12.8 Å². The molecule has 19 heavy (non-hydrogen) atoms. The molecule has 2 heteroatoms. The highest BCUT2D eigenvalue weighted by Crippen LogP contribution is 2.01. The van der Waals surface area contributed by atoms with Crippen molar-refractivity contribution in [3.05, 3.63) is 0 Å². The molecule has 0 unspecified atom stereocenters. The van der Waals surface area contributed by atoms with Crippen LogP contribution in [-0.4, -0.2) is 49.1 Å². The van der Waals surface area contributed by atoms with Gasteiger partial charge in [-0.15, -0.1) is 25.7 Å². The molecule has 0 aliphatic carbocycles. The second kappa shape index (κ2) is 12.6. The van der Waals surface area contributed by atoms with Gasteiger partial charge in [0.2, 0.25) is 0 Å². The molecule has 0 amide bonds. The third-order valence-electron chi connectivity index (χ3n) is 2.71. The minimum Gasteiger partial charge on any atom is -0.281 e. The number of hydrogen-bond acceptors (Lipinski definition) is 2. The molecule has 100 valence electrons. The average Bonchev–Trinajstić information content (AvgIpc) is 2.39. The van der Waals surface area contributed by atoms with E-state index < -0.39 is 0 Å². The van der Waals surface area contributed by atoms with Gasteiger partial charge < -0.3 is 0 Å². The van der Waals surface area contributed by atoms with E-state index in [1.54, 1.807) is 0 Å². The highest BCUT2D eigenvalue weighted by Gasteiger charge is 2.03. The minimum absolute atomic E-state index is 0.616. The summed E-state index contributed by atoms with van der Waals surface area (Å²) < 4.78 is 0. The van der Waals surface area contributed by atoms with Crippen LogP contribution in [-0.2, 0) is 0 Å². The normalized spacial score (nSPS) is 9.58. The van der Waals surface area contributed by atoms with E-state index in [1.165, 1.54) is 0 Å². The summed E-state index contributed by atoms with van der Waals surface area (Å²) in [5.74, 6) is 10.5. The SMILES string of the molecule is C#CCN(CC#C)CCCCCN(CC#C)CC#C. The zero-order chi connectivity index (χ0) is 14.3. The van der Waals surface area contributed by atoms with Gasteiger partial charge in [0.05, 0.1) is 26.2 Å². The predicted octanol–water partition coefficient (Wildman–Crippen LogP) is 1.29. The van der Waals surface area contributed by atoms with Gasteiger partial charge in [-0.1, -0.05) is 30.1 Å². The third-order valence-corrected chi connectivity index (χ3v) is 2.71. The van der Waals surface area contributed by atoms with Crippen molar-refractivity contribution in [3.63, 3.8) is 0 Å². The molecular formula is C17H22N2. The number of terminal acetylenes is 4. The molecule has 0 fully saturated rings. The lowest BCUT2D eigenvalue weighted by Gasteiger charge is -2.18. The molecular weight excluding hydrogens is 232 g/mol. The van der Waals surface area contributed by atoms with Crippen molar-refractivity contribution in [3.8, 4) is 49.4 Å². The van der Waals surface area contributed by atoms with Crippen LogP contribution in [0.5, 0.6) is 0 Å². The summed E-state index contributed by atoms with van der Waals surface area (Å²) in [4.78, 5) is 4.20. The van der Waals surface area contributed by atoms with E-state index in [-0.39, 0.29) is 0 Å². The van der Waals surface area contributed by atoms with Crippen LogP contribution < -0.4 is 0 Å². The summed E-state index contributed by atoms with van der Waals surface area (Å²) in [7, 11) is 0.